The fourth-order valence-corrected chi connectivity index (χ4v) is 4.28. The summed E-state index contributed by atoms with van der Waals surface area (Å²) in [6, 6.07) is 0.477. The monoisotopic (exact) mass is 295 g/mol. The van der Waals surface area contributed by atoms with Gasteiger partial charge in [-0.3, -0.25) is 4.98 Å². The molecular formula is C14H21N3O2S. The molecule has 2 atom stereocenters. The highest BCUT2D eigenvalue weighted by atomic mass is 32.2. The van der Waals surface area contributed by atoms with E-state index in [0.29, 0.717) is 24.5 Å². The van der Waals surface area contributed by atoms with Gasteiger partial charge in [0.2, 0.25) is 0 Å². The zero-order valence-corrected chi connectivity index (χ0v) is 12.6. The maximum absolute atomic E-state index is 5.88. The van der Waals surface area contributed by atoms with Crippen LogP contribution in [0, 0.1) is 0 Å². The van der Waals surface area contributed by atoms with Crippen molar-refractivity contribution in [3.8, 4) is 0 Å². The molecule has 1 saturated heterocycles. The van der Waals surface area contributed by atoms with Gasteiger partial charge in [0, 0.05) is 36.5 Å². The first kappa shape index (κ1) is 14.3. The second-order valence-corrected chi connectivity index (χ2v) is 6.47. The van der Waals surface area contributed by atoms with E-state index in [2.05, 4.69) is 22.2 Å². The van der Waals surface area contributed by atoms with Crippen molar-refractivity contribution in [2.24, 2.45) is 0 Å². The molecule has 3 rings (SSSR count). The van der Waals surface area contributed by atoms with Crippen molar-refractivity contribution in [2.75, 3.05) is 19.8 Å². The van der Waals surface area contributed by atoms with Crippen LogP contribution < -0.4 is 5.32 Å². The van der Waals surface area contributed by atoms with Crippen molar-refractivity contribution < 1.29 is 9.47 Å². The summed E-state index contributed by atoms with van der Waals surface area (Å²) < 4.78 is 11.8. The van der Waals surface area contributed by atoms with Crippen LogP contribution >= 0.6 is 11.8 Å². The molecule has 0 aromatic carbocycles. The topological polar surface area (TPSA) is 56.3 Å². The van der Waals surface area contributed by atoms with Crippen LogP contribution in [-0.4, -0.2) is 46.8 Å². The highest BCUT2D eigenvalue weighted by Gasteiger charge is 2.45. The van der Waals surface area contributed by atoms with E-state index in [-0.39, 0.29) is 5.79 Å². The average molecular weight is 295 g/mol. The van der Waals surface area contributed by atoms with Crippen molar-refractivity contribution in [2.45, 2.75) is 48.3 Å². The van der Waals surface area contributed by atoms with Crippen LogP contribution in [-0.2, 0) is 9.47 Å². The van der Waals surface area contributed by atoms with Crippen LogP contribution in [0.5, 0.6) is 0 Å². The lowest BCUT2D eigenvalue weighted by Gasteiger charge is -2.40. The molecule has 2 unspecified atom stereocenters. The summed E-state index contributed by atoms with van der Waals surface area (Å²) >= 11 is 1.78. The van der Waals surface area contributed by atoms with Crippen LogP contribution in [0.4, 0.5) is 0 Å². The Hall–Kier alpha value is -0.690. The third-order valence-electron chi connectivity index (χ3n) is 3.89. The summed E-state index contributed by atoms with van der Waals surface area (Å²) in [5.74, 6) is -0.355. The van der Waals surface area contributed by atoms with Crippen molar-refractivity contribution >= 4 is 11.8 Å². The first-order valence-corrected chi connectivity index (χ1v) is 8.13. The van der Waals surface area contributed by atoms with Crippen molar-refractivity contribution in [3.05, 3.63) is 18.6 Å². The van der Waals surface area contributed by atoms with Gasteiger partial charge in [0.05, 0.1) is 19.4 Å². The minimum absolute atomic E-state index is 0.355. The Morgan fingerprint density at radius 1 is 1.40 bits per heavy atom. The van der Waals surface area contributed by atoms with Gasteiger partial charge in [-0.15, -0.1) is 0 Å². The predicted octanol–water partition coefficient (Wildman–Crippen LogP) is 1.84. The summed E-state index contributed by atoms with van der Waals surface area (Å²) in [5, 5.41) is 4.95. The SMILES string of the molecule is CCNC1CCC2(CC1Sc1cnccn1)OCCO2. The lowest BCUT2D eigenvalue weighted by Crippen LogP contribution is -2.49. The number of thioether (sulfide) groups is 1. The average Bonchev–Trinajstić information content (AvgIpc) is 2.92. The Balaban J connectivity index is 1.71. The zero-order valence-electron chi connectivity index (χ0n) is 11.7. The van der Waals surface area contributed by atoms with E-state index in [0.717, 1.165) is 30.8 Å². The lowest BCUT2D eigenvalue weighted by atomic mass is 9.89. The summed E-state index contributed by atoms with van der Waals surface area (Å²) in [5.41, 5.74) is 0. The molecule has 1 aromatic heterocycles. The Morgan fingerprint density at radius 3 is 2.95 bits per heavy atom. The van der Waals surface area contributed by atoms with E-state index in [1.54, 1.807) is 24.2 Å². The molecule has 0 radical (unpaired) electrons. The van der Waals surface area contributed by atoms with Gasteiger partial charge in [0.15, 0.2) is 5.79 Å². The standard InChI is InChI=1S/C14H21N3O2S/c1-2-16-11-3-4-14(18-7-8-19-14)9-12(11)20-13-10-15-5-6-17-13/h5-6,10-12,16H,2-4,7-9H2,1H3. The predicted molar refractivity (Wildman–Crippen MR) is 77.6 cm³/mol. The minimum Gasteiger partial charge on any atom is -0.347 e. The number of nitrogens with zero attached hydrogens (tertiary/aromatic N) is 2. The number of ether oxygens (including phenoxy) is 2. The molecule has 2 aliphatic rings. The Bertz CT molecular complexity index is 426. The summed E-state index contributed by atoms with van der Waals surface area (Å²) in [7, 11) is 0. The molecule has 1 aliphatic carbocycles. The molecule has 2 heterocycles. The van der Waals surface area contributed by atoms with E-state index < -0.39 is 0 Å². The van der Waals surface area contributed by atoms with E-state index in [4.69, 9.17) is 9.47 Å². The molecule has 2 fully saturated rings. The maximum Gasteiger partial charge on any atom is 0.169 e. The highest BCUT2D eigenvalue weighted by molar-refractivity contribution is 7.99. The Labute approximate surface area is 123 Å². The Kier molecular flexibility index (Phi) is 4.55. The van der Waals surface area contributed by atoms with Crippen molar-refractivity contribution in [3.63, 3.8) is 0 Å². The van der Waals surface area contributed by atoms with Gasteiger partial charge in [0.1, 0.15) is 5.03 Å². The lowest BCUT2D eigenvalue weighted by molar-refractivity contribution is -0.178. The quantitative estimate of drug-likeness (QED) is 0.915. The van der Waals surface area contributed by atoms with Gasteiger partial charge >= 0.3 is 0 Å². The van der Waals surface area contributed by atoms with Crippen LogP contribution in [0.15, 0.2) is 23.6 Å². The molecule has 6 heteroatoms. The van der Waals surface area contributed by atoms with Crippen LogP contribution in [0.1, 0.15) is 26.2 Å². The van der Waals surface area contributed by atoms with Crippen LogP contribution in [0.25, 0.3) is 0 Å². The largest absolute Gasteiger partial charge is 0.347 e. The van der Waals surface area contributed by atoms with Gasteiger partial charge < -0.3 is 14.8 Å². The number of hydrogen-bond donors (Lipinski definition) is 1. The second-order valence-electron chi connectivity index (χ2n) is 5.21. The van der Waals surface area contributed by atoms with E-state index in [9.17, 15) is 0 Å². The molecule has 5 nitrogen and oxygen atoms in total. The van der Waals surface area contributed by atoms with E-state index in [1.165, 1.54) is 0 Å². The van der Waals surface area contributed by atoms with Crippen LogP contribution in [0.3, 0.4) is 0 Å². The van der Waals surface area contributed by atoms with Gasteiger partial charge in [-0.25, -0.2) is 4.98 Å². The number of nitrogens with one attached hydrogen (secondary N) is 1. The molecular weight excluding hydrogens is 274 g/mol. The highest BCUT2D eigenvalue weighted by Crippen LogP contribution is 2.42. The summed E-state index contributed by atoms with van der Waals surface area (Å²) in [4.78, 5) is 8.52. The van der Waals surface area contributed by atoms with E-state index >= 15 is 0 Å². The van der Waals surface area contributed by atoms with Crippen molar-refractivity contribution in [1.29, 1.82) is 0 Å². The normalized spacial score (nSPS) is 28.9. The smallest absolute Gasteiger partial charge is 0.169 e. The van der Waals surface area contributed by atoms with E-state index in [1.807, 2.05) is 6.20 Å². The first-order chi connectivity index (χ1) is 9.81. The molecule has 0 bridgehead atoms. The van der Waals surface area contributed by atoms with Crippen LogP contribution in [0.2, 0.25) is 0 Å². The molecule has 1 saturated carbocycles. The van der Waals surface area contributed by atoms with Gasteiger partial charge in [-0.2, -0.15) is 0 Å². The second kappa shape index (κ2) is 6.39. The maximum atomic E-state index is 5.88. The van der Waals surface area contributed by atoms with Gasteiger partial charge in [-0.05, 0) is 13.0 Å². The summed E-state index contributed by atoms with van der Waals surface area (Å²) in [6.07, 6.45) is 8.23. The molecule has 1 aromatic rings. The molecule has 20 heavy (non-hydrogen) atoms. The zero-order chi connectivity index (χ0) is 13.8. The van der Waals surface area contributed by atoms with Gasteiger partial charge in [-0.1, -0.05) is 18.7 Å². The number of rotatable bonds is 4. The number of hydrogen-bond acceptors (Lipinski definition) is 6. The third kappa shape index (κ3) is 3.14. The third-order valence-corrected chi connectivity index (χ3v) is 5.14. The molecule has 110 valence electrons. The Morgan fingerprint density at radius 2 is 2.25 bits per heavy atom. The molecule has 0 amide bonds. The first-order valence-electron chi connectivity index (χ1n) is 7.25. The molecule has 1 spiro atoms. The molecule has 1 N–H and O–H groups in total. The van der Waals surface area contributed by atoms with Gasteiger partial charge in [0.25, 0.3) is 0 Å². The minimum atomic E-state index is -0.355. The fraction of sp³-hybridized carbons (Fsp3) is 0.714. The summed E-state index contributed by atoms with van der Waals surface area (Å²) in [6.45, 7) is 4.57. The molecule has 1 aliphatic heterocycles. The number of aromatic nitrogens is 2. The van der Waals surface area contributed by atoms with Crippen molar-refractivity contribution in [1.82, 2.24) is 15.3 Å². The fourth-order valence-electron chi connectivity index (χ4n) is 2.99.